The number of aliphatic carboxylic acids is 1. The van der Waals surface area contributed by atoms with Crippen LogP contribution in [0.5, 0.6) is 5.75 Å². The van der Waals surface area contributed by atoms with Gasteiger partial charge >= 0.3 is 5.97 Å². The van der Waals surface area contributed by atoms with Crippen molar-refractivity contribution in [3.63, 3.8) is 0 Å². The second kappa shape index (κ2) is 7.67. The summed E-state index contributed by atoms with van der Waals surface area (Å²) in [5.41, 5.74) is 0.582. The van der Waals surface area contributed by atoms with Crippen molar-refractivity contribution >= 4 is 11.9 Å². The van der Waals surface area contributed by atoms with Crippen LogP contribution >= 0.6 is 0 Å². The number of aryl methyl sites for hydroxylation is 1. The highest BCUT2D eigenvalue weighted by atomic mass is 16.5. The Morgan fingerprint density at radius 2 is 2.05 bits per heavy atom. The van der Waals surface area contributed by atoms with E-state index in [0.29, 0.717) is 12.2 Å². The summed E-state index contributed by atoms with van der Waals surface area (Å²) in [7, 11) is 0. The van der Waals surface area contributed by atoms with Gasteiger partial charge in [-0.2, -0.15) is 0 Å². The monoisotopic (exact) mass is 293 g/mol. The molecule has 5 nitrogen and oxygen atoms in total. The number of hydrogen-bond donors (Lipinski definition) is 2. The van der Waals surface area contributed by atoms with Crippen LogP contribution in [0.1, 0.15) is 39.2 Å². The number of carbonyl (C=O) groups excluding carboxylic acids is 1. The first-order valence-electron chi connectivity index (χ1n) is 7.07. The molecule has 2 N–H and O–H groups in total. The molecule has 0 heterocycles. The molecule has 0 bridgehead atoms. The lowest BCUT2D eigenvalue weighted by molar-refractivity contribution is -0.138. The van der Waals surface area contributed by atoms with E-state index in [0.717, 1.165) is 12.0 Å². The van der Waals surface area contributed by atoms with Gasteiger partial charge in [0.25, 0.3) is 5.91 Å². The van der Waals surface area contributed by atoms with Crippen LogP contribution in [0.3, 0.4) is 0 Å². The molecule has 0 aliphatic rings. The molecule has 0 unspecified atom stereocenters. The molecular weight excluding hydrogens is 270 g/mol. The van der Waals surface area contributed by atoms with Crippen LogP contribution in [0.4, 0.5) is 0 Å². The van der Waals surface area contributed by atoms with Gasteiger partial charge in [-0.05, 0) is 44.4 Å². The van der Waals surface area contributed by atoms with E-state index >= 15 is 0 Å². The summed E-state index contributed by atoms with van der Waals surface area (Å²) >= 11 is 0. The van der Waals surface area contributed by atoms with E-state index in [1.807, 2.05) is 24.3 Å². The molecular formula is C16H23NO4. The predicted molar refractivity (Wildman–Crippen MR) is 80.4 cm³/mol. The minimum atomic E-state index is -0.870. The third-order valence-corrected chi connectivity index (χ3v) is 3.12. The summed E-state index contributed by atoms with van der Waals surface area (Å²) < 4.78 is 5.45. The van der Waals surface area contributed by atoms with Crippen LogP contribution in [0, 0.1) is 0 Å². The van der Waals surface area contributed by atoms with E-state index in [1.54, 1.807) is 13.8 Å². The fourth-order valence-electron chi connectivity index (χ4n) is 1.90. The zero-order valence-electron chi connectivity index (χ0n) is 12.8. The fourth-order valence-corrected chi connectivity index (χ4v) is 1.90. The molecule has 116 valence electrons. The molecule has 5 heteroatoms. The molecule has 1 aromatic rings. The number of nitrogens with one attached hydrogen (secondary N) is 1. The van der Waals surface area contributed by atoms with Crippen molar-refractivity contribution in [1.29, 1.82) is 0 Å². The Bertz CT molecular complexity index is 497. The Hall–Kier alpha value is -2.04. The second-order valence-electron chi connectivity index (χ2n) is 5.62. The lowest BCUT2D eigenvalue weighted by atomic mass is 9.98. The maximum absolute atomic E-state index is 11.8. The molecule has 0 aliphatic heterocycles. The van der Waals surface area contributed by atoms with Crippen LogP contribution in [0.15, 0.2) is 24.3 Å². The van der Waals surface area contributed by atoms with Crippen LogP contribution in [-0.2, 0) is 16.0 Å². The quantitative estimate of drug-likeness (QED) is 0.771. The smallest absolute Gasteiger partial charge is 0.303 e. The maximum Gasteiger partial charge on any atom is 0.303 e. The number of carboxylic acids is 1. The summed E-state index contributed by atoms with van der Waals surface area (Å²) in [6.07, 6.45) is 1.30. The van der Waals surface area contributed by atoms with Gasteiger partial charge in [0, 0.05) is 12.0 Å². The highest BCUT2D eigenvalue weighted by Crippen LogP contribution is 2.14. The van der Waals surface area contributed by atoms with Gasteiger partial charge in [-0.3, -0.25) is 9.59 Å². The number of hydrogen-bond acceptors (Lipinski definition) is 3. The van der Waals surface area contributed by atoms with Crippen molar-refractivity contribution in [2.45, 2.75) is 45.6 Å². The van der Waals surface area contributed by atoms with Gasteiger partial charge < -0.3 is 15.2 Å². The standard InChI is InChI=1S/C16H23NO4/c1-4-12-6-5-7-13(10-12)21-11-14(18)17-16(2,3)9-8-15(19)20/h5-7,10H,4,8-9,11H2,1-3H3,(H,17,18)(H,19,20). The van der Waals surface area contributed by atoms with Gasteiger partial charge in [-0.1, -0.05) is 19.1 Å². The van der Waals surface area contributed by atoms with Crippen LogP contribution in [0.25, 0.3) is 0 Å². The summed E-state index contributed by atoms with van der Waals surface area (Å²) in [6, 6.07) is 7.61. The van der Waals surface area contributed by atoms with Gasteiger partial charge in [0.2, 0.25) is 0 Å². The normalized spacial score (nSPS) is 11.0. The molecule has 1 aromatic carbocycles. The van der Waals surface area contributed by atoms with E-state index < -0.39 is 11.5 Å². The Kier molecular flexibility index (Phi) is 6.21. The lowest BCUT2D eigenvalue weighted by Crippen LogP contribution is -2.45. The van der Waals surface area contributed by atoms with Crippen molar-refractivity contribution in [2.24, 2.45) is 0 Å². The molecule has 0 aliphatic carbocycles. The van der Waals surface area contributed by atoms with Crippen molar-refractivity contribution in [1.82, 2.24) is 5.32 Å². The third kappa shape index (κ3) is 6.79. The molecule has 0 atom stereocenters. The highest BCUT2D eigenvalue weighted by molar-refractivity contribution is 5.78. The minimum Gasteiger partial charge on any atom is -0.484 e. The van der Waals surface area contributed by atoms with E-state index in [2.05, 4.69) is 12.2 Å². The highest BCUT2D eigenvalue weighted by Gasteiger charge is 2.21. The van der Waals surface area contributed by atoms with E-state index in [9.17, 15) is 9.59 Å². The van der Waals surface area contributed by atoms with Crippen LogP contribution in [0.2, 0.25) is 0 Å². The Morgan fingerprint density at radius 1 is 1.33 bits per heavy atom. The summed E-state index contributed by atoms with van der Waals surface area (Å²) in [5.74, 6) is -0.468. The number of rotatable bonds is 8. The van der Waals surface area contributed by atoms with Gasteiger partial charge in [-0.25, -0.2) is 0 Å². The predicted octanol–water partition coefficient (Wildman–Crippen LogP) is 2.39. The first-order chi connectivity index (χ1) is 9.82. The maximum atomic E-state index is 11.8. The average molecular weight is 293 g/mol. The van der Waals surface area contributed by atoms with Crippen molar-refractivity contribution in [3.8, 4) is 5.75 Å². The lowest BCUT2D eigenvalue weighted by Gasteiger charge is -2.25. The number of carbonyl (C=O) groups is 2. The van der Waals surface area contributed by atoms with Crippen LogP contribution in [-0.4, -0.2) is 29.1 Å². The molecule has 21 heavy (non-hydrogen) atoms. The average Bonchev–Trinajstić information content (AvgIpc) is 2.43. The number of ether oxygens (including phenoxy) is 1. The Balaban J connectivity index is 2.44. The number of carboxylic acid groups (broad SMARTS) is 1. The third-order valence-electron chi connectivity index (χ3n) is 3.12. The van der Waals surface area contributed by atoms with Crippen molar-refractivity contribution in [3.05, 3.63) is 29.8 Å². The SMILES string of the molecule is CCc1cccc(OCC(=O)NC(C)(C)CCC(=O)O)c1. The van der Waals surface area contributed by atoms with E-state index in [4.69, 9.17) is 9.84 Å². The second-order valence-corrected chi connectivity index (χ2v) is 5.62. The van der Waals surface area contributed by atoms with E-state index in [1.165, 1.54) is 0 Å². The zero-order chi connectivity index (χ0) is 15.9. The summed E-state index contributed by atoms with van der Waals surface area (Å²) in [4.78, 5) is 22.4. The molecule has 0 radical (unpaired) electrons. The Morgan fingerprint density at radius 3 is 2.67 bits per heavy atom. The first kappa shape index (κ1) is 17.0. The molecule has 0 saturated heterocycles. The number of amides is 1. The molecule has 1 rings (SSSR count). The molecule has 0 aromatic heterocycles. The van der Waals surface area contributed by atoms with Gasteiger partial charge in [0.05, 0.1) is 0 Å². The van der Waals surface area contributed by atoms with Gasteiger partial charge in [0.1, 0.15) is 5.75 Å². The van der Waals surface area contributed by atoms with Crippen LogP contribution < -0.4 is 10.1 Å². The topological polar surface area (TPSA) is 75.6 Å². The Labute approximate surface area is 125 Å². The number of benzene rings is 1. The molecule has 0 fully saturated rings. The van der Waals surface area contributed by atoms with Crippen molar-refractivity contribution < 1.29 is 19.4 Å². The fraction of sp³-hybridized carbons (Fsp3) is 0.500. The van der Waals surface area contributed by atoms with Crippen molar-refractivity contribution in [2.75, 3.05) is 6.61 Å². The summed E-state index contributed by atoms with van der Waals surface area (Å²) in [6.45, 7) is 5.57. The van der Waals surface area contributed by atoms with Gasteiger partial charge in [-0.15, -0.1) is 0 Å². The first-order valence-corrected chi connectivity index (χ1v) is 7.07. The zero-order valence-corrected chi connectivity index (χ0v) is 12.8. The molecule has 1 amide bonds. The van der Waals surface area contributed by atoms with E-state index in [-0.39, 0.29) is 18.9 Å². The minimum absolute atomic E-state index is 0.0205. The largest absolute Gasteiger partial charge is 0.484 e. The molecule has 0 spiro atoms. The summed E-state index contributed by atoms with van der Waals surface area (Å²) in [5, 5.41) is 11.5. The van der Waals surface area contributed by atoms with Gasteiger partial charge in [0.15, 0.2) is 6.61 Å². The molecule has 0 saturated carbocycles.